The second-order valence-corrected chi connectivity index (χ2v) is 5.81. The molecule has 0 aromatic heterocycles. The van der Waals surface area contributed by atoms with Gasteiger partial charge in [0.2, 0.25) is 5.91 Å². The fourth-order valence-corrected chi connectivity index (χ4v) is 3.03. The van der Waals surface area contributed by atoms with Crippen molar-refractivity contribution in [2.75, 3.05) is 13.7 Å². The highest BCUT2D eigenvalue weighted by molar-refractivity contribution is 5.91. The van der Waals surface area contributed by atoms with E-state index in [1.54, 1.807) is 35.9 Å². The summed E-state index contributed by atoms with van der Waals surface area (Å²) >= 11 is 0. The Bertz CT molecular complexity index is 718. The first-order valence-corrected chi connectivity index (χ1v) is 7.90. The number of rotatable bonds is 4. The molecule has 0 bridgehead atoms. The molecule has 24 heavy (non-hydrogen) atoms. The van der Waals surface area contributed by atoms with Crippen LogP contribution in [0.25, 0.3) is 0 Å². The van der Waals surface area contributed by atoms with Crippen LogP contribution in [0.1, 0.15) is 18.7 Å². The van der Waals surface area contributed by atoms with E-state index >= 15 is 0 Å². The Kier molecular flexibility index (Phi) is 4.51. The van der Waals surface area contributed by atoms with Crippen LogP contribution in [-0.2, 0) is 9.59 Å². The molecule has 2 amide bonds. The lowest BCUT2D eigenvalue weighted by molar-refractivity contribution is -0.138. The van der Waals surface area contributed by atoms with Gasteiger partial charge in [-0.05, 0) is 24.6 Å². The molecule has 1 saturated heterocycles. The van der Waals surface area contributed by atoms with Crippen LogP contribution in [0.5, 0.6) is 5.75 Å². The van der Waals surface area contributed by atoms with Gasteiger partial charge in [-0.25, -0.2) is 0 Å². The number of ether oxygens (including phenoxy) is 1. The van der Waals surface area contributed by atoms with Gasteiger partial charge in [-0.1, -0.05) is 48.5 Å². The molecule has 2 aromatic rings. The van der Waals surface area contributed by atoms with Crippen molar-refractivity contribution in [1.29, 1.82) is 0 Å². The topological polar surface area (TPSA) is 49.9 Å². The summed E-state index contributed by atoms with van der Waals surface area (Å²) in [5, 5.41) is 0. The minimum absolute atomic E-state index is 0.0723. The summed E-state index contributed by atoms with van der Waals surface area (Å²) in [5.41, 5.74) is 0.908. The van der Waals surface area contributed by atoms with Crippen LogP contribution in [0.3, 0.4) is 0 Å². The maximum atomic E-state index is 12.7. The Labute approximate surface area is 141 Å². The number of hydrogen-bond donors (Lipinski definition) is 0. The summed E-state index contributed by atoms with van der Waals surface area (Å²) < 4.78 is 5.56. The third-order valence-electron chi connectivity index (χ3n) is 4.24. The molecular weight excluding hydrogens is 304 g/mol. The summed E-state index contributed by atoms with van der Waals surface area (Å²) in [4.78, 5) is 28.3. The Morgan fingerprint density at radius 1 is 1.04 bits per heavy atom. The van der Waals surface area contributed by atoms with Gasteiger partial charge in [0.05, 0.1) is 0 Å². The van der Waals surface area contributed by atoms with Gasteiger partial charge in [-0.3, -0.25) is 9.59 Å². The van der Waals surface area contributed by atoms with Gasteiger partial charge in [0.1, 0.15) is 18.0 Å². The molecule has 5 heteroatoms. The Morgan fingerprint density at radius 3 is 2.25 bits per heavy atom. The van der Waals surface area contributed by atoms with Crippen LogP contribution in [0.15, 0.2) is 60.7 Å². The number of likely N-dealkylation sites (N-methyl/N-ethyl adjacent to an activating group) is 1. The van der Waals surface area contributed by atoms with Crippen molar-refractivity contribution < 1.29 is 14.3 Å². The Morgan fingerprint density at radius 2 is 1.62 bits per heavy atom. The predicted octanol–water partition coefficient (Wildman–Crippen LogP) is 2.45. The quantitative estimate of drug-likeness (QED) is 0.868. The largest absolute Gasteiger partial charge is 0.484 e. The molecule has 0 radical (unpaired) electrons. The van der Waals surface area contributed by atoms with Gasteiger partial charge in [0.25, 0.3) is 5.91 Å². The molecular formula is C19H20N2O3. The van der Waals surface area contributed by atoms with Gasteiger partial charge in [0.15, 0.2) is 6.61 Å². The maximum absolute atomic E-state index is 12.7. The first-order valence-electron chi connectivity index (χ1n) is 7.90. The first kappa shape index (κ1) is 16.1. The average Bonchev–Trinajstić information content (AvgIpc) is 2.85. The van der Waals surface area contributed by atoms with Gasteiger partial charge in [0, 0.05) is 7.05 Å². The normalized spacial score (nSPS) is 20.3. The van der Waals surface area contributed by atoms with Crippen LogP contribution in [0, 0.1) is 0 Å². The van der Waals surface area contributed by atoms with Gasteiger partial charge in [-0.15, -0.1) is 0 Å². The van der Waals surface area contributed by atoms with Crippen LogP contribution < -0.4 is 4.74 Å². The number of carbonyl (C=O) groups excluding carboxylic acids is 2. The molecule has 1 aliphatic rings. The molecule has 1 aliphatic heterocycles. The number of para-hydroxylation sites is 1. The smallest absolute Gasteiger partial charge is 0.263 e. The fourth-order valence-electron chi connectivity index (χ4n) is 3.03. The second kappa shape index (κ2) is 6.74. The van der Waals surface area contributed by atoms with Crippen molar-refractivity contribution in [3.63, 3.8) is 0 Å². The highest BCUT2D eigenvalue weighted by Gasteiger charge is 2.44. The second-order valence-electron chi connectivity index (χ2n) is 5.81. The SMILES string of the molecule is C[C@@H]1C(=O)N(C)C(c2ccccc2)N1C(=O)COc1ccccc1. The Balaban J connectivity index is 1.80. The zero-order chi connectivity index (χ0) is 17.1. The summed E-state index contributed by atoms with van der Waals surface area (Å²) in [6.07, 6.45) is -0.402. The predicted molar refractivity (Wildman–Crippen MR) is 90.2 cm³/mol. The van der Waals surface area contributed by atoms with E-state index in [-0.39, 0.29) is 18.4 Å². The minimum Gasteiger partial charge on any atom is -0.484 e. The Hall–Kier alpha value is -2.82. The highest BCUT2D eigenvalue weighted by atomic mass is 16.5. The van der Waals surface area contributed by atoms with E-state index in [0.29, 0.717) is 5.75 Å². The van der Waals surface area contributed by atoms with Crippen molar-refractivity contribution in [2.45, 2.75) is 19.1 Å². The number of nitrogens with zero attached hydrogens (tertiary/aromatic N) is 2. The molecule has 0 aliphatic carbocycles. The number of amides is 2. The van der Waals surface area contributed by atoms with Crippen LogP contribution in [0.4, 0.5) is 0 Å². The van der Waals surface area contributed by atoms with Crippen molar-refractivity contribution in [1.82, 2.24) is 9.80 Å². The molecule has 2 atom stereocenters. The minimum atomic E-state index is -0.507. The van der Waals surface area contributed by atoms with Crippen molar-refractivity contribution in [2.24, 2.45) is 0 Å². The molecule has 0 spiro atoms. The van der Waals surface area contributed by atoms with Crippen molar-refractivity contribution in [3.8, 4) is 5.75 Å². The van der Waals surface area contributed by atoms with Crippen molar-refractivity contribution >= 4 is 11.8 Å². The zero-order valence-electron chi connectivity index (χ0n) is 13.8. The highest BCUT2D eigenvalue weighted by Crippen LogP contribution is 2.33. The summed E-state index contributed by atoms with van der Waals surface area (Å²) in [6, 6.07) is 18.2. The van der Waals surface area contributed by atoms with E-state index < -0.39 is 12.2 Å². The molecule has 5 nitrogen and oxygen atoms in total. The standard InChI is InChI=1S/C19H20N2O3/c1-14-19(23)20(2)18(15-9-5-3-6-10-15)21(14)17(22)13-24-16-11-7-4-8-12-16/h3-12,14,18H,13H2,1-2H3/t14-,18?/m1/s1. The molecule has 0 N–H and O–H groups in total. The van der Waals surface area contributed by atoms with Gasteiger partial charge < -0.3 is 14.5 Å². The fraction of sp³-hybridized carbons (Fsp3) is 0.263. The van der Waals surface area contributed by atoms with E-state index in [9.17, 15) is 9.59 Å². The molecule has 124 valence electrons. The monoisotopic (exact) mass is 324 g/mol. The van der Waals surface area contributed by atoms with E-state index in [0.717, 1.165) is 5.56 Å². The van der Waals surface area contributed by atoms with Crippen LogP contribution >= 0.6 is 0 Å². The molecule has 1 heterocycles. The third-order valence-corrected chi connectivity index (χ3v) is 4.24. The number of carbonyl (C=O) groups is 2. The van der Waals surface area contributed by atoms with Gasteiger partial charge in [-0.2, -0.15) is 0 Å². The van der Waals surface area contributed by atoms with E-state index in [4.69, 9.17) is 4.74 Å². The average molecular weight is 324 g/mol. The zero-order valence-corrected chi connectivity index (χ0v) is 13.8. The summed E-state index contributed by atoms with van der Waals surface area (Å²) in [5.74, 6) is 0.350. The van der Waals surface area contributed by atoms with Crippen molar-refractivity contribution in [3.05, 3.63) is 66.2 Å². The maximum Gasteiger partial charge on any atom is 0.263 e. The lowest BCUT2D eigenvalue weighted by atomic mass is 10.1. The molecule has 1 unspecified atom stereocenters. The number of hydrogen-bond acceptors (Lipinski definition) is 3. The van der Waals surface area contributed by atoms with Crippen LogP contribution in [-0.4, -0.2) is 41.3 Å². The molecule has 2 aromatic carbocycles. The summed E-state index contributed by atoms with van der Waals surface area (Å²) in [6.45, 7) is 1.65. The lowest BCUT2D eigenvalue weighted by Gasteiger charge is -2.29. The third kappa shape index (κ3) is 2.97. The molecule has 0 saturated carbocycles. The van der Waals surface area contributed by atoms with E-state index in [1.165, 1.54) is 0 Å². The van der Waals surface area contributed by atoms with E-state index in [2.05, 4.69) is 0 Å². The molecule has 3 rings (SSSR count). The lowest BCUT2D eigenvalue weighted by Crippen LogP contribution is -2.40. The number of benzene rings is 2. The van der Waals surface area contributed by atoms with E-state index in [1.807, 2.05) is 48.5 Å². The van der Waals surface area contributed by atoms with Crippen LogP contribution in [0.2, 0.25) is 0 Å². The first-order chi connectivity index (χ1) is 11.6. The van der Waals surface area contributed by atoms with Gasteiger partial charge >= 0.3 is 0 Å². The molecule has 1 fully saturated rings. The summed E-state index contributed by atoms with van der Waals surface area (Å²) in [7, 11) is 1.72.